The molecular formula is C29H33N3O5. The van der Waals surface area contributed by atoms with Gasteiger partial charge in [-0.05, 0) is 62.6 Å². The van der Waals surface area contributed by atoms with E-state index in [1.165, 1.54) is 6.42 Å². The molecule has 8 nitrogen and oxygen atoms in total. The van der Waals surface area contributed by atoms with E-state index in [2.05, 4.69) is 23.8 Å². The SMILES string of the molecule is C=C([C@@H]1CC[C@H](C(=O)c2ccc(OCCCCCC)cc2)[C@H]1C(=O)O)n1nnc2ccc(C)cc2c1=O. The van der Waals surface area contributed by atoms with Gasteiger partial charge in [0.25, 0.3) is 5.56 Å². The van der Waals surface area contributed by atoms with Crippen molar-refractivity contribution >= 4 is 28.4 Å². The van der Waals surface area contributed by atoms with Crippen LogP contribution in [0, 0.1) is 24.7 Å². The first-order valence-electron chi connectivity index (χ1n) is 12.9. The first-order chi connectivity index (χ1) is 17.8. The van der Waals surface area contributed by atoms with E-state index in [0.29, 0.717) is 41.7 Å². The van der Waals surface area contributed by atoms with Gasteiger partial charge in [0.05, 0.1) is 17.9 Å². The molecule has 194 valence electrons. The first kappa shape index (κ1) is 26.3. The number of ether oxygens (including phenoxy) is 1. The second kappa shape index (κ2) is 11.5. The second-order valence-electron chi connectivity index (χ2n) is 9.77. The number of benzene rings is 2. The van der Waals surface area contributed by atoms with Gasteiger partial charge >= 0.3 is 5.97 Å². The fourth-order valence-electron chi connectivity index (χ4n) is 5.16. The van der Waals surface area contributed by atoms with Gasteiger partial charge in [-0.2, -0.15) is 4.68 Å². The molecule has 1 aliphatic carbocycles. The summed E-state index contributed by atoms with van der Waals surface area (Å²) in [5.41, 5.74) is 1.65. The Bertz CT molecular complexity index is 1360. The fraction of sp³-hybridized carbons (Fsp3) is 0.414. The van der Waals surface area contributed by atoms with E-state index in [4.69, 9.17) is 4.74 Å². The van der Waals surface area contributed by atoms with E-state index < -0.39 is 29.3 Å². The summed E-state index contributed by atoms with van der Waals surface area (Å²) in [6, 6.07) is 12.2. The number of rotatable bonds is 11. The van der Waals surface area contributed by atoms with E-state index >= 15 is 0 Å². The molecule has 0 radical (unpaired) electrons. The Morgan fingerprint density at radius 3 is 2.51 bits per heavy atom. The van der Waals surface area contributed by atoms with Gasteiger partial charge in [-0.25, -0.2) is 0 Å². The summed E-state index contributed by atoms with van der Waals surface area (Å²) < 4.78 is 6.84. The molecular weight excluding hydrogens is 470 g/mol. The maximum absolute atomic E-state index is 13.4. The lowest BCUT2D eigenvalue weighted by Gasteiger charge is -2.22. The zero-order valence-corrected chi connectivity index (χ0v) is 21.4. The van der Waals surface area contributed by atoms with Gasteiger partial charge in [-0.1, -0.05) is 49.6 Å². The third-order valence-corrected chi connectivity index (χ3v) is 7.20. The van der Waals surface area contributed by atoms with Crippen molar-refractivity contribution in [3.63, 3.8) is 0 Å². The minimum atomic E-state index is -1.09. The van der Waals surface area contributed by atoms with E-state index in [1.54, 1.807) is 36.4 Å². The molecule has 0 saturated heterocycles. The number of carboxylic acids is 1. The Labute approximate surface area is 216 Å². The monoisotopic (exact) mass is 503 g/mol. The van der Waals surface area contributed by atoms with Crippen molar-refractivity contribution in [3.8, 4) is 5.75 Å². The lowest BCUT2D eigenvalue weighted by Crippen LogP contribution is -2.33. The van der Waals surface area contributed by atoms with E-state index in [1.807, 2.05) is 13.0 Å². The van der Waals surface area contributed by atoms with E-state index in [9.17, 15) is 19.5 Å². The van der Waals surface area contributed by atoms with Gasteiger partial charge in [-0.15, -0.1) is 5.10 Å². The summed E-state index contributed by atoms with van der Waals surface area (Å²) in [7, 11) is 0. The number of aryl methyl sites for hydroxylation is 1. The molecule has 3 aromatic rings. The predicted molar refractivity (Wildman–Crippen MR) is 142 cm³/mol. The van der Waals surface area contributed by atoms with Crippen molar-refractivity contribution in [2.24, 2.45) is 17.8 Å². The zero-order valence-electron chi connectivity index (χ0n) is 21.4. The lowest BCUT2D eigenvalue weighted by molar-refractivity contribution is -0.143. The number of carbonyl (C=O) groups excluding carboxylic acids is 1. The molecule has 1 heterocycles. The molecule has 3 atom stereocenters. The zero-order chi connectivity index (χ0) is 26.5. The highest BCUT2D eigenvalue weighted by Gasteiger charge is 2.46. The van der Waals surface area contributed by atoms with Crippen LogP contribution in [-0.4, -0.2) is 38.5 Å². The Hall–Kier alpha value is -3.81. The standard InChI is InChI=1S/C29H33N3O5/c1-4-5-6-7-16-37-21-11-9-20(10-12-21)27(33)23-14-13-22(26(23)29(35)36)19(3)32-28(34)24-17-18(2)8-15-25(24)30-31-32/h8-12,15,17,22-23,26H,3-7,13-14,16H2,1-2H3,(H,35,36)/t22-,23-,26-/m0/s1. The highest BCUT2D eigenvalue weighted by molar-refractivity contribution is 6.00. The second-order valence-corrected chi connectivity index (χ2v) is 9.77. The quantitative estimate of drug-likeness (QED) is 0.285. The molecule has 1 aromatic heterocycles. The molecule has 8 heteroatoms. The van der Waals surface area contributed by atoms with Crippen LogP contribution in [0.15, 0.2) is 53.8 Å². The number of unbranched alkanes of at least 4 members (excludes halogenated alkanes) is 3. The molecule has 2 aromatic carbocycles. The number of ketones is 1. The molecule has 1 saturated carbocycles. The highest BCUT2D eigenvalue weighted by atomic mass is 16.5. The first-order valence-corrected chi connectivity index (χ1v) is 12.9. The van der Waals surface area contributed by atoms with Crippen LogP contribution in [0.5, 0.6) is 5.75 Å². The number of carboxylic acid groups (broad SMARTS) is 1. The fourth-order valence-corrected chi connectivity index (χ4v) is 5.16. The summed E-state index contributed by atoms with van der Waals surface area (Å²) in [5.74, 6) is -3.00. The van der Waals surface area contributed by atoms with Gasteiger partial charge in [0.15, 0.2) is 5.78 Å². The number of aliphatic carboxylic acids is 1. The number of carbonyl (C=O) groups is 2. The Kier molecular flexibility index (Phi) is 8.16. The number of allylic oxidation sites excluding steroid dienone is 1. The van der Waals surface area contributed by atoms with Crippen molar-refractivity contribution in [1.29, 1.82) is 0 Å². The smallest absolute Gasteiger partial charge is 0.307 e. The largest absolute Gasteiger partial charge is 0.494 e. The van der Waals surface area contributed by atoms with Crippen molar-refractivity contribution in [2.75, 3.05) is 6.61 Å². The summed E-state index contributed by atoms with van der Waals surface area (Å²) in [6.07, 6.45) is 5.23. The average Bonchev–Trinajstić information content (AvgIpc) is 3.34. The van der Waals surface area contributed by atoms with Crippen molar-refractivity contribution in [1.82, 2.24) is 15.0 Å². The van der Waals surface area contributed by atoms with Crippen LogP contribution in [0.2, 0.25) is 0 Å². The number of hydrogen-bond donors (Lipinski definition) is 1. The number of Topliss-reactive ketones (excluding diaryl/α,β-unsaturated/α-hetero) is 1. The molecule has 0 spiro atoms. The predicted octanol–water partition coefficient (Wildman–Crippen LogP) is 5.14. The van der Waals surface area contributed by atoms with E-state index in [0.717, 1.165) is 29.5 Å². The summed E-state index contributed by atoms with van der Waals surface area (Å²) in [4.78, 5) is 38.8. The van der Waals surface area contributed by atoms with Crippen LogP contribution in [-0.2, 0) is 4.79 Å². The molecule has 0 aliphatic heterocycles. The van der Waals surface area contributed by atoms with Crippen LogP contribution in [0.4, 0.5) is 0 Å². The summed E-state index contributed by atoms with van der Waals surface area (Å²) in [5, 5.41) is 18.6. The third kappa shape index (κ3) is 5.63. The van der Waals surface area contributed by atoms with Gasteiger partial charge < -0.3 is 9.84 Å². The molecule has 1 fully saturated rings. The molecule has 0 bridgehead atoms. The van der Waals surface area contributed by atoms with Gasteiger partial charge in [0, 0.05) is 23.1 Å². The van der Waals surface area contributed by atoms with Gasteiger partial charge in [-0.3, -0.25) is 14.4 Å². The van der Waals surface area contributed by atoms with Crippen molar-refractivity contribution < 1.29 is 19.4 Å². The molecule has 1 aliphatic rings. The maximum atomic E-state index is 13.4. The molecule has 4 rings (SSSR count). The number of aromatic nitrogens is 3. The topological polar surface area (TPSA) is 111 Å². The highest BCUT2D eigenvalue weighted by Crippen LogP contribution is 2.43. The lowest BCUT2D eigenvalue weighted by atomic mass is 9.83. The average molecular weight is 504 g/mol. The van der Waals surface area contributed by atoms with Crippen LogP contribution in [0.1, 0.15) is 61.4 Å². The summed E-state index contributed by atoms with van der Waals surface area (Å²) >= 11 is 0. The van der Waals surface area contributed by atoms with Gasteiger partial charge in [0.2, 0.25) is 0 Å². The van der Waals surface area contributed by atoms with Crippen LogP contribution in [0.3, 0.4) is 0 Å². The van der Waals surface area contributed by atoms with Crippen LogP contribution in [0.25, 0.3) is 16.6 Å². The molecule has 0 unspecified atom stereocenters. The van der Waals surface area contributed by atoms with Crippen LogP contribution < -0.4 is 10.3 Å². The van der Waals surface area contributed by atoms with E-state index in [-0.39, 0.29) is 11.5 Å². The molecule has 37 heavy (non-hydrogen) atoms. The third-order valence-electron chi connectivity index (χ3n) is 7.20. The normalized spacial score (nSPS) is 19.1. The minimum absolute atomic E-state index is 0.232. The Balaban J connectivity index is 1.50. The Morgan fingerprint density at radius 2 is 1.81 bits per heavy atom. The number of hydrogen-bond acceptors (Lipinski definition) is 6. The number of fused-ring (bicyclic) bond motifs is 1. The minimum Gasteiger partial charge on any atom is -0.494 e. The molecule has 1 N–H and O–H groups in total. The van der Waals surface area contributed by atoms with Crippen molar-refractivity contribution in [3.05, 3.63) is 70.5 Å². The summed E-state index contributed by atoms with van der Waals surface area (Å²) in [6.45, 7) is 8.68. The maximum Gasteiger partial charge on any atom is 0.307 e. The van der Waals surface area contributed by atoms with Crippen molar-refractivity contribution in [2.45, 2.75) is 52.4 Å². The van der Waals surface area contributed by atoms with Gasteiger partial charge in [0.1, 0.15) is 11.3 Å². The van der Waals surface area contributed by atoms with Crippen LogP contribution >= 0.6 is 0 Å². The molecule has 0 amide bonds. The Morgan fingerprint density at radius 1 is 1.08 bits per heavy atom. The number of nitrogens with zero attached hydrogens (tertiary/aromatic N) is 3.